The molecule has 1 aromatic heterocycles. The van der Waals surface area contributed by atoms with Crippen molar-refractivity contribution in [3.8, 4) is 6.07 Å². The highest BCUT2D eigenvalue weighted by molar-refractivity contribution is 5.91. The fourth-order valence-electron chi connectivity index (χ4n) is 3.13. The molecule has 1 aliphatic rings. The van der Waals surface area contributed by atoms with E-state index in [-0.39, 0.29) is 17.8 Å². The largest absolute Gasteiger partial charge is 0.346 e. The van der Waals surface area contributed by atoms with Crippen molar-refractivity contribution in [2.75, 3.05) is 6.54 Å². The molecule has 26 heavy (non-hydrogen) atoms. The Labute approximate surface area is 148 Å². The van der Waals surface area contributed by atoms with Gasteiger partial charge in [-0.25, -0.2) is 9.89 Å². The van der Waals surface area contributed by atoms with Crippen LogP contribution in [0.25, 0.3) is 0 Å². The number of carbonyl (C=O) groups excluding carboxylic acids is 1. The van der Waals surface area contributed by atoms with Gasteiger partial charge in [0.2, 0.25) is 5.69 Å². The van der Waals surface area contributed by atoms with Gasteiger partial charge in [0.05, 0.1) is 11.6 Å². The summed E-state index contributed by atoms with van der Waals surface area (Å²) in [6.07, 6.45) is 0.728. The van der Waals surface area contributed by atoms with E-state index in [2.05, 4.69) is 26.5 Å². The van der Waals surface area contributed by atoms with Gasteiger partial charge >= 0.3 is 5.69 Å². The van der Waals surface area contributed by atoms with Crippen LogP contribution in [0, 0.1) is 11.3 Å². The second-order valence-electron chi connectivity index (χ2n) is 6.25. The Morgan fingerprint density at radius 1 is 1.46 bits per heavy atom. The number of H-pyrrole nitrogens is 2. The highest BCUT2D eigenvalue weighted by atomic mass is 16.2. The van der Waals surface area contributed by atoms with Crippen LogP contribution < -0.4 is 16.6 Å². The van der Waals surface area contributed by atoms with Gasteiger partial charge in [0.25, 0.3) is 11.5 Å². The smallest absolute Gasteiger partial charge is 0.342 e. The van der Waals surface area contributed by atoms with Crippen molar-refractivity contribution in [1.29, 1.82) is 5.26 Å². The van der Waals surface area contributed by atoms with Gasteiger partial charge in [0.15, 0.2) is 0 Å². The van der Waals surface area contributed by atoms with Gasteiger partial charge < -0.3 is 5.32 Å². The number of aromatic nitrogens is 3. The van der Waals surface area contributed by atoms with Gasteiger partial charge in [-0.2, -0.15) is 10.4 Å². The number of nitriles is 1. The number of hydrogen-bond acceptors (Lipinski definition) is 6. The first kappa shape index (κ1) is 17.6. The number of benzene rings is 1. The predicted molar refractivity (Wildman–Crippen MR) is 92.4 cm³/mol. The SMILES string of the molecule is C[C@@H]1[C@@H](NC(=O)c2n[nH]c(=O)[nH]c2=O)CCN1Cc1cccc(C#N)c1. The molecule has 0 spiro atoms. The molecule has 0 aliphatic carbocycles. The normalized spacial score (nSPS) is 19.8. The molecular formula is C17H18N6O3. The molecule has 2 atom stereocenters. The van der Waals surface area contributed by atoms with Crippen LogP contribution in [0.15, 0.2) is 33.9 Å². The first-order chi connectivity index (χ1) is 12.5. The molecule has 0 radical (unpaired) electrons. The lowest BCUT2D eigenvalue weighted by Gasteiger charge is -2.25. The maximum Gasteiger partial charge on any atom is 0.342 e. The fourth-order valence-corrected chi connectivity index (χ4v) is 3.13. The minimum atomic E-state index is -0.818. The Morgan fingerprint density at radius 3 is 3.00 bits per heavy atom. The molecule has 134 valence electrons. The predicted octanol–water partition coefficient (Wildman–Crippen LogP) is -0.277. The minimum absolute atomic E-state index is 0.0477. The van der Waals surface area contributed by atoms with Crippen molar-refractivity contribution in [2.45, 2.75) is 32.0 Å². The number of carbonyl (C=O) groups is 1. The molecule has 2 aromatic rings. The molecule has 3 rings (SSSR count). The van der Waals surface area contributed by atoms with Crippen LogP contribution in [0.1, 0.15) is 35.0 Å². The minimum Gasteiger partial charge on any atom is -0.346 e. The van der Waals surface area contributed by atoms with Crippen molar-refractivity contribution >= 4 is 5.91 Å². The summed E-state index contributed by atoms with van der Waals surface area (Å²) in [5.74, 6) is -0.618. The van der Waals surface area contributed by atoms with Crippen molar-refractivity contribution in [1.82, 2.24) is 25.4 Å². The zero-order valence-corrected chi connectivity index (χ0v) is 14.2. The van der Waals surface area contributed by atoms with E-state index in [0.29, 0.717) is 12.1 Å². The number of rotatable bonds is 4. The molecule has 9 nitrogen and oxygen atoms in total. The molecular weight excluding hydrogens is 336 g/mol. The molecule has 0 bridgehead atoms. The summed E-state index contributed by atoms with van der Waals surface area (Å²) in [6.45, 7) is 3.44. The third-order valence-electron chi connectivity index (χ3n) is 4.57. The van der Waals surface area contributed by atoms with E-state index in [4.69, 9.17) is 5.26 Å². The van der Waals surface area contributed by atoms with E-state index < -0.39 is 17.2 Å². The Balaban J connectivity index is 1.66. The van der Waals surface area contributed by atoms with E-state index in [9.17, 15) is 14.4 Å². The zero-order valence-electron chi connectivity index (χ0n) is 14.2. The number of nitrogens with zero attached hydrogens (tertiary/aromatic N) is 3. The van der Waals surface area contributed by atoms with Crippen LogP contribution in [0.4, 0.5) is 0 Å². The summed E-state index contributed by atoms with van der Waals surface area (Å²) < 4.78 is 0. The van der Waals surface area contributed by atoms with Crippen LogP contribution in [0.2, 0.25) is 0 Å². The van der Waals surface area contributed by atoms with E-state index in [1.54, 1.807) is 6.07 Å². The molecule has 1 fully saturated rings. The van der Waals surface area contributed by atoms with E-state index in [1.807, 2.05) is 30.1 Å². The highest BCUT2D eigenvalue weighted by Gasteiger charge is 2.32. The molecule has 9 heteroatoms. The van der Waals surface area contributed by atoms with Gasteiger partial charge in [-0.3, -0.25) is 19.5 Å². The third kappa shape index (κ3) is 3.70. The lowest BCUT2D eigenvalue weighted by Crippen LogP contribution is -2.45. The van der Waals surface area contributed by atoms with Crippen LogP contribution >= 0.6 is 0 Å². The molecule has 1 saturated heterocycles. The Kier molecular flexibility index (Phi) is 4.95. The number of aromatic amines is 2. The van der Waals surface area contributed by atoms with Crippen molar-refractivity contribution in [2.24, 2.45) is 0 Å². The van der Waals surface area contributed by atoms with Crippen LogP contribution in [0.5, 0.6) is 0 Å². The first-order valence-corrected chi connectivity index (χ1v) is 8.21. The Bertz CT molecular complexity index is 973. The van der Waals surface area contributed by atoms with Gasteiger partial charge in [-0.1, -0.05) is 12.1 Å². The second kappa shape index (κ2) is 7.33. The fraction of sp³-hybridized carbons (Fsp3) is 0.353. The molecule has 3 N–H and O–H groups in total. The molecule has 2 heterocycles. The van der Waals surface area contributed by atoms with Crippen molar-refractivity contribution in [3.63, 3.8) is 0 Å². The Morgan fingerprint density at radius 2 is 2.27 bits per heavy atom. The highest BCUT2D eigenvalue weighted by Crippen LogP contribution is 2.21. The van der Waals surface area contributed by atoms with E-state index in [0.717, 1.165) is 18.5 Å². The average Bonchev–Trinajstić information content (AvgIpc) is 2.95. The quantitative estimate of drug-likeness (QED) is 0.691. The number of hydrogen-bond donors (Lipinski definition) is 3. The van der Waals surface area contributed by atoms with Gasteiger partial charge in [0.1, 0.15) is 0 Å². The zero-order chi connectivity index (χ0) is 18.7. The number of amides is 1. The topological polar surface area (TPSA) is 135 Å². The van der Waals surface area contributed by atoms with Gasteiger partial charge in [-0.05, 0) is 31.0 Å². The van der Waals surface area contributed by atoms with Crippen LogP contribution in [-0.4, -0.2) is 44.6 Å². The summed E-state index contributed by atoms with van der Waals surface area (Å²) in [5.41, 5.74) is -0.296. The average molecular weight is 354 g/mol. The van der Waals surface area contributed by atoms with Crippen molar-refractivity contribution < 1.29 is 4.79 Å². The van der Waals surface area contributed by atoms with Gasteiger partial charge in [-0.15, -0.1) is 0 Å². The monoisotopic (exact) mass is 354 g/mol. The molecule has 1 amide bonds. The lowest BCUT2D eigenvalue weighted by molar-refractivity contribution is 0.0918. The lowest BCUT2D eigenvalue weighted by atomic mass is 10.1. The number of nitrogens with one attached hydrogen (secondary N) is 3. The third-order valence-corrected chi connectivity index (χ3v) is 4.57. The summed E-state index contributed by atoms with van der Waals surface area (Å²) in [7, 11) is 0. The molecule has 0 saturated carbocycles. The molecule has 1 aromatic carbocycles. The Hall–Kier alpha value is -3.25. The summed E-state index contributed by atoms with van der Waals surface area (Å²) in [4.78, 5) is 39.1. The molecule has 1 aliphatic heterocycles. The van der Waals surface area contributed by atoms with E-state index >= 15 is 0 Å². The number of likely N-dealkylation sites (tertiary alicyclic amines) is 1. The first-order valence-electron chi connectivity index (χ1n) is 8.21. The van der Waals surface area contributed by atoms with E-state index in [1.165, 1.54) is 0 Å². The maximum absolute atomic E-state index is 12.3. The van der Waals surface area contributed by atoms with Crippen LogP contribution in [-0.2, 0) is 6.54 Å². The standard InChI is InChI=1S/C17H18N6O3/c1-10-13(19-15(24)14-16(25)20-17(26)22-21-14)5-6-23(10)9-12-4-2-3-11(7-12)8-18/h2-4,7,10,13H,5-6,9H2,1H3,(H,19,24)(H2,20,22,25,26)/t10-,13+/m1/s1. The van der Waals surface area contributed by atoms with Crippen LogP contribution in [0.3, 0.4) is 0 Å². The summed E-state index contributed by atoms with van der Waals surface area (Å²) in [6, 6.07) is 9.45. The summed E-state index contributed by atoms with van der Waals surface area (Å²) in [5, 5.41) is 17.4. The van der Waals surface area contributed by atoms with Crippen molar-refractivity contribution in [3.05, 3.63) is 61.9 Å². The van der Waals surface area contributed by atoms with Gasteiger partial charge in [0, 0.05) is 25.2 Å². The summed E-state index contributed by atoms with van der Waals surface area (Å²) >= 11 is 0. The second-order valence-corrected chi connectivity index (χ2v) is 6.25. The maximum atomic E-state index is 12.3. The molecule has 0 unspecified atom stereocenters.